The van der Waals surface area contributed by atoms with Crippen LogP contribution in [0.2, 0.25) is 5.02 Å². The van der Waals surface area contributed by atoms with Crippen LogP contribution < -0.4 is 5.32 Å². The number of nitrogens with one attached hydrogen (secondary N) is 1. The van der Waals surface area contributed by atoms with Crippen LogP contribution in [-0.2, 0) is 24.4 Å². The van der Waals surface area contributed by atoms with Crippen molar-refractivity contribution in [2.24, 2.45) is 0 Å². The van der Waals surface area contributed by atoms with Gasteiger partial charge in [-0.2, -0.15) is 0 Å². The van der Waals surface area contributed by atoms with Crippen LogP contribution in [0.3, 0.4) is 0 Å². The summed E-state index contributed by atoms with van der Waals surface area (Å²) in [6, 6.07) is 13.6. The van der Waals surface area contributed by atoms with Gasteiger partial charge in [-0.15, -0.1) is 0 Å². The van der Waals surface area contributed by atoms with Crippen LogP contribution in [0, 0.1) is 0 Å². The molecule has 4 heteroatoms. The highest BCUT2D eigenvalue weighted by Crippen LogP contribution is 2.26. The van der Waals surface area contributed by atoms with Crippen LogP contribution >= 0.6 is 11.6 Å². The first-order chi connectivity index (χ1) is 10.2. The molecule has 0 fully saturated rings. The molecule has 2 rings (SSSR count). The topological polar surface area (TPSA) is 41.5 Å². The van der Waals surface area contributed by atoms with Crippen LogP contribution in [0.25, 0.3) is 0 Å². The maximum Gasteiger partial charge on any atom is 0.138 e. The number of ether oxygens (including phenoxy) is 1. The summed E-state index contributed by atoms with van der Waals surface area (Å²) < 4.78 is 5.47. The Kier molecular flexibility index (Phi) is 6.05. The monoisotopic (exact) mass is 305 g/mol. The van der Waals surface area contributed by atoms with Gasteiger partial charge in [0.2, 0.25) is 0 Å². The van der Waals surface area contributed by atoms with Crippen LogP contribution in [0.15, 0.2) is 42.5 Å². The van der Waals surface area contributed by atoms with Crippen molar-refractivity contribution in [2.45, 2.75) is 26.6 Å². The number of halogens is 1. The number of hydrogen-bond donors (Lipinski definition) is 2. The van der Waals surface area contributed by atoms with Crippen molar-refractivity contribution < 1.29 is 9.84 Å². The van der Waals surface area contributed by atoms with Crippen LogP contribution in [0.4, 0.5) is 0 Å². The van der Waals surface area contributed by atoms with Gasteiger partial charge in [0.15, 0.2) is 0 Å². The number of hydrogen-bond acceptors (Lipinski definition) is 3. The molecule has 0 aliphatic carbocycles. The van der Waals surface area contributed by atoms with Crippen molar-refractivity contribution in [1.29, 1.82) is 0 Å². The Morgan fingerprint density at radius 1 is 1.00 bits per heavy atom. The molecule has 0 radical (unpaired) electrons. The van der Waals surface area contributed by atoms with Gasteiger partial charge in [-0.05, 0) is 24.1 Å². The largest absolute Gasteiger partial charge is 0.506 e. The lowest BCUT2D eigenvalue weighted by molar-refractivity contribution is 0.133. The molecule has 2 aromatic carbocycles. The normalized spacial score (nSPS) is 10.8. The quantitative estimate of drug-likeness (QED) is 0.816. The van der Waals surface area contributed by atoms with Crippen molar-refractivity contribution >= 4 is 11.6 Å². The maximum absolute atomic E-state index is 9.87. The van der Waals surface area contributed by atoms with Gasteiger partial charge in [-0.25, -0.2) is 0 Å². The lowest BCUT2D eigenvalue weighted by atomic mass is 10.1. The minimum Gasteiger partial charge on any atom is -0.506 e. The molecule has 2 N–H and O–H groups in total. The van der Waals surface area contributed by atoms with Gasteiger partial charge >= 0.3 is 0 Å². The average Bonchev–Trinajstić information content (AvgIpc) is 2.50. The Morgan fingerprint density at radius 2 is 1.67 bits per heavy atom. The number of benzene rings is 2. The van der Waals surface area contributed by atoms with Gasteiger partial charge in [0, 0.05) is 25.3 Å². The van der Waals surface area contributed by atoms with Crippen molar-refractivity contribution in [3.63, 3.8) is 0 Å². The lowest BCUT2D eigenvalue weighted by Crippen LogP contribution is -2.14. The van der Waals surface area contributed by atoms with E-state index in [1.165, 1.54) is 11.1 Å². The highest BCUT2D eigenvalue weighted by atomic mass is 35.5. The Balaban J connectivity index is 1.95. The number of aromatic hydroxyl groups is 1. The van der Waals surface area contributed by atoms with E-state index in [0.29, 0.717) is 24.8 Å². The number of para-hydroxylation sites is 1. The van der Waals surface area contributed by atoms with E-state index in [9.17, 15) is 5.11 Å². The highest BCUT2D eigenvalue weighted by Gasteiger charge is 2.06. The van der Waals surface area contributed by atoms with Crippen molar-refractivity contribution in [3.8, 4) is 5.75 Å². The summed E-state index contributed by atoms with van der Waals surface area (Å²) >= 11 is 5.90. The van der Waals surface area contributed by atoms with Crippen LogP contribution in [-0.4, -0.2) is 11.7 Å². The summed E-state index contributed by atoms with van der Waals surface area (Å²) in [6.07, 6.45) is 0. The van der Waals surface area contributed by atoms with E-state index in [1.807, 2.05) is 31.2 Å². The third kappa shape index (κ3) is 4.46. The zero-order chi connectivity index (χ0) is 15.1. The van der Waals surface area contributed by atoms with Gasteiger partial charge in [-0.3, -0.25) is 0 Å². The summed E-state index contributed by atoms with van der Waals surface area (Å²) in [5, 5.41) is 13.6. The zero-order valence-corrected chi connectivity index (χ0v) is 12.9. The maximum atomic E-state index is 9.87. The molecule has 0 bridgehead atoms. The van der Waals surface area contributed by atoms with Crippen molar-refractivity contribution in [3.05, 3.63) is 64.2 Å². The van der Waals surface area contributed by atoms with Crippen molar-refractivity contribution in [1.82, 2.24) is 5.32 Å². The second kappa shape index (κ2) is 8.03. The highest BCUT2D eigenvalue weighted by molar-refractivity contribution is 6.32. The van der Waals surface area contributed by atoms with Gasteiger partial charge in [0.1, 0.15) is 5.75 Å². The summed E-state index contributed by atoms with van der Waals surface area (Å²) in [5.74, 6) is 0.147. The molecule has 0 saturated carbocycles. The zero-order valence-electron chi connectivity index (χ0n) is 12.1. The Bertz CT molecular complexity index is 587. The van der Waals surface area contributed by atoms with E-state index in [-0.39, 0.29) is 5.75 Å². The van der Waals surface area contributed by atoms with Gasteiger partial charge in [0.25, 0.3) is 0 Å². The van der Waals surface area contributed by atoms with E-state index in [0.717, 1.165) is 12.1 Å². The summed E-state index contributed by atoms with van der Waals surface area (Å²) in [7, 11) is 0. The molecule has 3 nitrogen and oxygen atoms in total. The molecule has 2 aromatic rings. The summed E-state index contributed by atoms with van der Waals surface area (Å²) in [6.45, 7) is 4.60. The molecule has 21 heavy (non-hydrogen) atoms. The fourth-order valence-electron chi connectivity index (χ4n) is 2.12. The Labute approximate surface area is 130 Å². The number of phenols is 1. The van der Waals surface area contributed by atoms with Gasteiger partial charge < -0.3 is 15.2 Å². The number of phenolic OH excluding ortho intramolecular Hbond substituents is 1. The van der Waals surface area contributed by atoms with E-state index in [2.05, 4.69) is 17.4 Å². The first kappa shape index (κ1) is 15.8. The standard InChI is InChI=1S/C17H20ClNO2/c1-2-21-12-15-7-4-3-6-13(15)10-19-11-14-8-5-9-16(18)17(14)20/h3-9,19-20H,2,10-12H2,1H3. The summed E-state index contributed by atoms with van der Waals surface area (Å²) in [5.41, 5.74) is 3.18. The molecule has 0 spiro atoms. The third-order valence-corrected chi connectivity index (χ3v) is 3.59. The molecular formula is C17H20ClNO2. The van der Waals surface area contributed by atoms with E-state index >= 15 is 0 Å². The molecule has 0 aliphatic heterocycles. The first-order valence-corrected chi connectivity index (χ1v) is 7.41. The van der Waals surface area contributed by atoms with Crippen LogP contribution in [0.1, 0.15) is 23.6 Å². The molecule has 0 saturated heterocycles. The van der Waals surface area contributed by atoms with Gasteiger partial charge in [-0.1, -0.05) is 48.0 Å². The van der Waals surface area contributed by atoms with Crippen LogP contribution in [0.5, 0.6) is 5.75 Å². The summed E-state index contributed by atoms with van der Waals surface area (Å²) in [4.78, 5) is 0. The predicted octanol–water partition coefficient (Wildman–Crippen LogP) is 3.87. The Morgan fingerprint density at radius 3 is 2.43 bits per heavy atom. The fraction of sp³-hybridized carbons (Fsp3) is 0.294. The molecule has 0 atom stereocenters. The minimum absolute atomic E-state index is 0.147. The predicted molar refractivity (Wildman–Crippen MR) is 85.4 cm³/mol. The second-order valence-corrected chi connectivity index (χ2v) is 5.16. The SMILES string of the molecule is CCOCc1ccccc1CNCc1cccc(Cl)c1O. The lowest BCUT2D eigenvalue weighted by Gasteiger charge is -2.11. The Hall–Kier alpha value is -1.55. The van der Waals surface area contributed by atoms with E-state index in [4.69, 9.17) is 16.3 Å². The average molecular weight is 306 g/mol. The molecule has 0 aliphatic rings. The molecule has 0 heterocycles. The molecule has 0 amide bonds. The van der Waals surface area contributed by atoms with Gasteiger partial charge in [0.05, 0.1) is 11.6 Å². The smallest absolute Gasteiger partial charge is 0.138 e. The van der Waals surface area contributed by atoms with E-state index in [1.54, 1.807) is 6.07 Å². The second-order valence-electron chi connectivity index (χ2n) is 4.76. The first-order valence-electron chi connectivity index (χ1n) is 7.04. The minimum atomic E-state index is 0.147. The molecule has 0 unspecified atom stereocenters. The van der Waals surface area contributed by atoms with E-state index < -0.39 is 0 Å². The number of rotatable bonds is 7. The van der Waals surface area contributed by atoms with Crippen molar-refractivity contribution in [2.75, 3.05) is 6.61 Å². The fourth-order valence-corrected chi connectivity index (χ4v) is 2.31. The molecular weight excluding hydrogens is 286 g/mol. The molecule has 0 aromatic heterocycles. The molecule has 112 valence electrons. The third-order valence-electron chi connectivity index (χ3n) is 3.28.